The molecule has 3 N–H and O–H groups in total. The van der Waals surface area contributed by atoms with Crippen LogP contribution in [0.5, 0.6) is 0 Å². The molecule has 0 spiro atoms. The maximum atomic E-state index is 5.78. The smallest absolute Gasteiger partial charge is 0.120 e. The van der Waals surface area contributed by atoms with Gasteiger partial charge < -0.3 is 0 Å². The van der Waals surface area contributed by atoms with Gasteiger partial charge in [-0.25, -0.2) is 16.0 Å². The van der Waals surface area contributed by atoms with E-state index in [1.54, 1.807) is 0 Å². The van der Waals surface area contributed by atoms with E-state index in [-0.39, 0.29) is 5.41 Å². The van der Waals surface area contributed by atoms with E-state index < -0.39 is 0 Å². The number of aliphatic imine (C=N–C) groups is 1. The van der Waals surface area contributed by atoms with Gasteiger partial charge in [0.15, 0.2) is 0 Å². The molecule has 5 heteroatoms. The predicted molar refractivity (Wildman–Crippen MR) is 57.7 cm³/mol. The number of amidine groups is 1. The van der Waals surface area contributed by atoms with Crippen LogP contribution < -0.4 is 11.3 Å². The van der Waals surface area contributed by atoms with Crippen LogP contribution in [-0.4, -0.2) is 11.0 Å². The molecule has 1 heterocycles. The van der Waals surface area contributed by atoms with Crippen molar-refractivity contribution in [3.8, 4) is 0 Å². The molecular weight excluding hydrogens is 184 g/mol. The molecule has 0 unspecified atom stereocenters. The van der Waals surface area contributed by atoms with Gasteiger partial charge >= 0.3 is 0 Å². The summed E-state index contributed by atoms with van der Waals surface area (Å²) in [6, 6.07) is 0. The van der Waals surface area contributed by atoms with Crippen molar-refractivity contribution in [3.05, 3.63) is 10.7 Å². The van der Waals surface area contributed by atoms with E-state index in [0.717, 1.165) is 11.5 Å². The van der Waals surface area contributed by atoms with Crippen LogP contribution in [0.4, 0.5) is 0 Å². The number of hydrazine groups is 2. The lowest BCUT2D eigenvalue weighted by molar-refractivity contribution is 0.234. The molecular formula is C8H16N4S. The molecule has 0 aromatic rings. The van der Waals surface area contributed by atoms with Crippen molar-refractivity contribution in [1.29, 1.82) is 0 Å². The zero-order valence-corrected chi connectivity index (χ0v) is 9.31. The molecule has 0 fully saturated rings. The molecule has 1 aliphatic heterocycles. The first kappa shape index (κ1) is 10.4. The maximum absolute atomic E-state index is 5.78. The summed E-state index contributed by atoms with van der Waals surface area (Å²) in [7, 11) is 0. The van der Waals surface area contributed by atoms with E-state index in [1.165, 1.54) is 5.12 Å². The summed E-state index contributed by atoms with van der Waals surface area (Å²) in [5.74, 6) is 6.53. The molecule has 0 radical (unpaired) electrons. The number of nitrogens with two attached hydrogens (primary N) is 1. The van der Waals surface area contributed by atoms with Crippen molar-refractivity contribution < 1.29 is 0 Å². The lowest BCUT2D eigenvalue weighted by Crippen LogP contribution is -2.50. The molecule has 4 nitrogen and oxygen atoms in total. The molecule has 1 rings (SSSR count). The van der Waals surface area contributed by atoms with Gasteiger partial charge in [-0.05, 0) is 6.92 Å². The molecule has 0 aliphatic carbocycles. The summed E-state index contributed by atoms with van der Waals surface area (Å²) < 4.78 is 0. The summed E-state index contributed by atoms with van der Waals surface area (Å²) in [6.07, 6.45) is 0. The number of nitrogens with zero attached hydrogens (tertiary/aromatic N) is 2. The fraction of sp³-hybridized carbons (Fsp3) is 0.625. The highest BCUT2D eigenvalue weighted by molar-refractivity contribution is 7.84. The third-order valence-electron chi connectivity index (χ3n) is 1.72. The Morgan fingerprint density at radius 3 is 2.38 bits per heavy atom. The van der Waals surface area contributed by atoms with Crippen molar-refractivity contribution in [3.63, 3.8) is 0 Å². The van der Waals surface area contributed by atoms with Gasteiger partial charge in [-0.1, -0.05) is 20.8 Å². The summed E-state index contributed by atoms with van der Waals surface area (Å²) in [4.78, 5) is 4.21. The van der Waals surface area contributed by atoms with E-state index >= 15 is 0 Å². The Labute approximate surface area is 84.2 Å². The quantitative estimate of drug-likeness (QED) is 0.407. The summed E-state index contributed by atoms with van der Waals surface area (Å²) in [5, 5.41) is 2.15. The van der Waals surface area contributed by atoms with Crippen LogP contribution in [0.15, 0.2) is 15.7 Å². The number of hydrogen-bond acceptors (Lipinski definition) is 5. The predicted octanol–water partition coefficient (Wildman–Crippen LogP) is 1.24. The Morgan fingerprint density at radius 1 is 1.46 bits per heavy atom. The molecule has 74 valence electrons. The summed E-state index contributed by atoms with van der Waals surface area (Å²) >= 11 is 4.30. The van der Waals surface area contributed by atoms with Crippen LogP contribution in [0.3, 0.4) is 0 Å². The summed E-state index contributed by atoms with van der Waals surface area (Å²) in [5.41, 5.74) is 3.74. The van der Waals surface area contributed by atoms with Gasteiger partial charge in [0.25, 0.3) is 0 Å². The molecule has 0 bridgehead atoms. The molecule has 1 aliphatic rings. The Morgan fingerprint density at radius 2 is 2.00 bits per heavy atom. The van der Waals surface area contributed by atoms with Crippen molar-refractivity contribution in [2.45, 2.75) is 27.7 Å². The monoisotopic (exact) mass is 200 g/mol. The SMILES string of the molecule is CC1=NC(S)=C(C(C)(C)C)N(N)N1. The fourth-order valence-electron chi connectivity index (χ4n) is 1.27. The lowest BCUT2D eigenvalue weighted by atomic mass is 9.92. The molecule has 0 aromatic carbocycles. The van der Waals surface area contributed by atoms with Gasteiger partial charge in [0, 0.05) is 5.41 Å². The van der Waals surface area contributed by atoms with Gasteiger partial charge in [0.2, 0.25) is 0 Å². The Bertz CT molecular complexity index is 274. The molecule has 0 atom stereocenters. The van der Waals surface area contributed by atoms with Gasteiger partial charge in [0.05, 0.1) is 5.70 Å². The highest BCUT2D eigenvalue weighted by Gasteiger charge is 2.27. The number of nitrogens with one attached hydrogen (secondary N) is 1. The topological polar surface area (TPSA) is 53.6 Å². The van der Waals surface area contributed by atoms with Gasteiger partial charge in [-0.15, -0.1) is 12.6 Å². The fourth-order valence-corrected chi connectivity index (χ4v) is 1.86. The molecule has 0 amide bonds. The first-order valence-electron chi connectivity index (χ1n) is 4.13. The number of allylic oxidation sites excluding steroid dienone is 1. The minimum absolute atomic E-state index is 0.0664. The highest BCUT2D eigenvalue weighted by atomic mass is 32.1. The van der Waals surface area contributed by atoms with Crippen LogP contribution in [-0.2, 0) is 0 Å². The first-order chi connectivity index (χ1) is 5.82. The van der Waals surface area contributed by atoms with E-state index in [1.807, 2.05) is 6.92 Å². The molecule has 0 saturated carbocycles. The Kier molecular flexibility index (Phi) is 2.58. The molecule has 0 saturated heterocycles. The van der Waals surface area contributed by atoms with Crippen LogP contribution in [0, 0.1) is 5.41 Å². The minimum Gasteiger partial charge on any atom is -0.271 e. The second-order valence-electron chi connectivity index (χ2n) is 4.10. The van der Waals surface area contributed by atoms with E-state index in [0.29, 0.717) is 5.03 Å². The molecule has 13 heavy (non-hydrogen) atoms. The largest absolute Gasteiger partial charge is 0.271 e. The van der Waals surface area contributed by atoms with Crippen molar-refractivity contribution in [2.24, 2.45) is 16.3 Å². The second kappa shape index (κ2) is 3.23. The Hall–Kier alpha value is -0.680. The minimum atomic E-state index is -0.0664. The third-order valence-corrected chi connectivity index (χ3v) is 2.03. The average Bonchev–Trinajstić information content (AvgIpc) is 1.78. The van der Waals surface area contributed by atoms with Crippen molar-refractivity contribution in [1.82, 2.24) is 10.5 Å². The number of thiol groups is 1. The maximum Gasteiger partial charge on any atom is 0.120 e. The van der Waals surface area contributed by atoms with E-state index in [9.17, 15) is 0 Å². The normalized spacial score (nSPS) is 18.6. The van der Waals surface area contributed by atoms with Gasteiger partial charge in [0.1, 0.15) is 10.9 Å². The van der Waals surface area contributed by atoms with Crippen LogP contribution in [0.25, 0.3) is 0 Å². The van der Waals surface area contributed by atoms with E-state index in [4.69, 9.17) is 5.84 Å². The van der Waals surface area contributed by atoms with Gasteiger partial charge in [-0.3, -0.25) is 5.43 Å². The highest BCUT2D eigenvalue weighted by Crippen LogP contribution is 2.32. The molecule has 0 aromatic heterocycles. The van der Waals surface area contributed by atoms with Gasteiger partial charge in [-0.2, -0.15) is 0 Å². The lowest BCUT2D eigenvalue weighted by Gasteiger charge is -2.35. The van der Waals surface area contributed by atoms with E-state index in [2.05, 4.69) is 43.8 Å². The van der Waals surface area contributed by atoms with Crippen LogP contribution in [0.2, 0.25) is 0 Å². The Balaban J connectivity index is 3.12. The number of hydrogen-bond donors (Lipinski definition) is 3. The van der Waals surface area contributed by atoms with Crippen molar-refractivity contribution >= 4 is 18.5 Å². The standard InChI is InChI=1S/C8H16N4S/c1-5-10-7(13)6(8(2,3)4)12(9)11-5/h13H,9H2,1-4H3,(H,10,11). The first-order valence-corrected chi connectivity index (χ1v) is 4.57. The third kappa shape index (κ3) is 2.16. The van der Waals surface area contributed by atoms with Crippen molar-refractivity contribution in [2.75, 3.05) is 0 Å². The summed E-state index contributed by atoms with van der Waals surface area (Å²) in [6.45, 7) is 8.04. The zero-order valence-electron chi connectivity index (χ0n) is 8.42. The second-order valence-corrected chi connectivity index (χ2v) is 4.52. The average molecular weight is 200 g/mol. The number of rotatable bonds is 0. The van der Waals surface area contributed by atoms with Crippen LogP contribution in [0.1, 0.15) is 27.7 Å². The zero-order chi connectivity index (χ0) is 10.2. The van der Waals surface area contributed by atoms with Crippen LogP contribution >= 0.6 is 12.6 Å².